The van der Waals surface area contributed by atoms with Crippen LogP contribution in [0.1, 0.15) is 45.2 Å². The molecule has 2 atom stereocenters. The Kier molecular flexibility index (Phi) is 6.17. The van der Waals surface area contributed by atoms with E-state index in [1.807, 2.05) is 6.92 Å². The van der Waals surface area contributed by atoms with Crippen molar-refractivity contribution in [2.75, 3.05) is 5.32 Å². The predicted molar refractivity (Wildman–Crippen MR) is 80.3 cm³/mol. The van der Waals surface area contributed by atoms with E-state index in [1.54, 1.807) is 19.1 Å². The second kappa shape index (κ2) is 7.64. The minimum atomic E-state index is -0.964. The number of phenolic OH excluding ortho intramolecular Hbond substituents is 1. The van der Waals surface area contributed by atoms with E-state index in [2.05, 4.69) is 10.6 Å². The van der Waals surface area contributed by atoms with Gasteiger partial charge in [0.15, 0.2) is 0 Å². The van der Waals surface area contributed by atoms with Gasteiger partial charge in [-0.05, 0) is 38.5 Å². The van der Waals surface area contributed by atoms with Gasteiger partial charge < -0.3 is 15.5 Å². The first-order valence-electron chi connectivity index (χ1n) is 6.96. The summed E-state index contributed by atoms with van der Waals surface area (Å²) in [5, 5.41) is 24.4. The molecule has 1 aromatic carbocycles. The van der Waals surface area contributed by atoms with Crippen LogP contribution in [-0.2, 0) is 9.59 Å². The Morgan fingerprint density at radius 1 is 1.29 bits per heavy atom. The number of benzene rings is 1. The van der Waals surface area contributed by atoms with E-state index in [1.165, 1.54) is 13.0 Å². The van der Waals surface area contributed by atoms with Crippen LogP contribution < -0.4 is 10.6 Å². The first-order chi connectivity index (χ1) is 9.85. The third kappa shape index (κ3) is 5.07. The highest BCUT2D eigenvalue weighted by molar-refractivity contribution is 5.90. The van der Waals surface area contributed by atoms with E-state index in [0.717, 1.165) is 6.42 Å². The zero-order valence-electron chi connectivity index (χ0n) is 12.5. The van der Waals surface area contributed by atoms with Crippen LogP contribution in [0.4, 0.5) is 5.69 Å². The number of carbonyl (C=O) groups excluding carboxylic acids is 1. The summed E-state index contributed by atoms with van der Waals surface area (Å²) >= 11 is 0. The minimum Gasteiger partial charge on any atom is -0.508 e. The molecule has 0 aliphatic carbocycles. The topological polar surface area (TPSA) is 98.7 Å². The number of carbonyl (C=O) groups is 2. The largest absolute Gasteiger partial charge is 0.508 e. The molecule has 0 bridgehead atoms. The molecule has 0 aliphatic rings. The van der Waals surface area contributed by atoms with Gasteiger partial charge in [-0.2, -0.15) is 0 Å². The quantitative estimate of drug-likeness (QED) is 0.578. The molecular weight excluding hydrogens is 272 g/mol. The van der Waals surface area contributed by atoms with E-state index in [9.17, 15) is 14.7 Å². The lowest BCUT2D eigenvalue weighted by Crippen LogP contribution is -2.35. The van der Waals surface area contributed by atoms with Crippen molar-refractivity contribution in [1.82, 2.24) is 5.32 Å². The number of aromatic hydroxyl groups is 1. The van der Waals surface area contributed by atoms with Crippen LogP contribution in [-0.4, -0.2) is 28.1 Å². The van der Waals surface area contributed by atoms with E-state index < -0.39 is 12.0 Å². The number of phenols is 1. The Hall–Kier alpha value is -2.08. The smallest absolute Gasteiger partial charge is 0.320 e. The summed E-state index contributed by atoms with van der Waals surface area (Å²) in [5.41, 5.74) is 1.12. The van der Waals surface area contributed by atoms with Gasteiger partial charge >= 0.3 is 5.97 Å². The lowest BCUT2D eigenvalue weighted by Gasteiger charge is -2.19. The summed E-state index contributed by atoms with van der Waals surface area (Å²) in [7, 11) is 0. The highest BCUT2D eigenvalue weighted by Gasteiger charge is 2.17. The van der Waals surface area contributed by atoms with Crippen LogP contribution in [0.2, 0.25) is 0 Å². The number of nitrogens with one attached hydrogen (secondary N) is 2. The highest BCUT2D eigenvalue weighted by Crippen LogP contribution is 2.27. The zero-order chi connectivity index (χ0) is 16.0. The monoisotopic (exact) mass is 294 g/mol. The molecule has 0 spiro atoms. The van der Waals surface area contributed by atoms with Gasteiger partial charge in [0.1, 0.15) is 11.8 Å². The van der Waals surface area contributed by atoms with Gasteiger partial charge in [0.25, 0.3) is 0 Å². The number of amides is 1. The highest BCUT2D eigenvalue weighted by atomic mass is 16.4. The maximum absolute atomic E-state index is 11.6. The number of hydrogen-bond acceptors (Lipinski definition) is 4. The molecule has 0 saturated heterocycles. The summed E-state index contributed by atoms with van der Waals surface area (Å²) in [6.45, 7) is 5.20. The average Bonchev–Trinajstić information content (AvgIpc) is 2.40. The molecule has 0 radical (unpaired) electrons. The van der Waals surface area contributed by atoms with E-state index >= 15 is 0 Å². The van der Waals surface area contributed by atoms with Gasteiger partial charge in [0, 0.05) is 23.7 Å². The van der Waals surface area contributed by atoms with Crippen molar-refractivity contribution in [2.45, 2.75) is 45.7 Å². The molecule has 0 aliphatic heterocycles. The van der Waals surface area contributed by atoms with Gasteiger partial charge in [0.05, 0.1) is 0 Å². The summed E-state index contributed by atoms with van der Waals surface area (Å²) in [6.07, 6.45) is 1.19. The van der Waals surface area contributed by atoms with Crippen LogP contribution in [0.15, 0.2) is 18.2 Å². The van der Waals surface area contributed by atoms with Crippen molar-refractivity contribution in [3.8, 4) is 5.75 Å². The molecule has 21 heavy (non-hydrogen) atoms. The summed E-state index contributed by atoms with van der Waals surface area (Å²) in [4.78, 5) is 22.4. The molecule has 1 aromatic rings. The Bertz CT molecular complexity index is 516. The predicted octanol–water partition coefficient (Wildman–Crippen LogP) is 2.25. The summed E-state index contributed by atoms with van der Waals surface area (Å²) in [5.74, 6) is -0.997. The molecule has 0 heterocycles. The number of anilines is 1. The molecular formula is C15H22N2O4. The molecule has 0 fully saturated rings. The standard InChI is InChI=1S/C15H22N2O4/c1-4-5-14(19)17-11-6-7-13(18)12(8-11)9(2)16-10(3)15(20)21/h6-10,16,18H,4-5H2,1-3H3,(H,17,19)(H,20,21). The van der Waals surface area contributed by atoms with E-state index in [4.69, 9.17) is 5.11 Å². The molecule has 1 amide bonds. The molecule has 4 N–H and O–H groups in total. The maximum Gasteiger partial charge on any atom is 0.320 e. The Labute approximate surface area is 124 Å². The second-order valence-corrected chi connectivity index (χ2v) is 5.02. The van der Waals surface area contributed by atoms with Gasteiger partial charge in [-0.25, -0.2) is 0 Å². The Balaban J connectivity index is 2.86. The fourth-order valence-electron chi connectivity index (χ4n) is 1.97. The third-order valence-corrected chi connectivity index (χ3v) is 3.13. The van der Waals surface area contributed by atoms with E-state index in [0.29, 0.717) is 17.7 Å². The Morgan fingerprint density at radius 2 is 1.95 bits per heavy atom. The normalized spacial score (nSPS) is 13.5. The molecule has 6 nitrogen and oxygen atoms in total. The first-order valence-corrected chi connectivity index (χ1v) is 6.96. The maximum atomic E-state index is 11.6. The van der Waals surface area contributed by atoms with Crippen molar-refractivity contribution >= 4 is 17.6 Å². The average molecular weight is 294 g/mol. The lowest BCUT2D eigenvalue weighted by molar-refractivity contribution is -0.139. The van der Waals surface area contributed by atoms with Crippen LogP contribution in [0, 0.1) is 0 Å². The van der Waals surface area contributed by atoms with Crippen LogP contribution >= 0.6 is 0 Å². The minimum absolute atomic E-state index is 0.0566. The number of carboxylic acids is 1. The Morgan fingerprint density at radius 3 is 2.52 bits per heavy atom. The van der Waals surface area contributed by atoms with Gasteiger partial charge in [-0.1, -0.05) is 6.92 Å². The molecule has 116 valence electrons. The third-order valence-electron chi connectivity index (χ3n) is 3.13. The molecule has 2 unspecified atom stereocenters. The first kappa shape index (κ1) is 17.0. The van der Waals surface area contributed by atoms with Gasteiger partial charge in [0.2, 0.25) is 5.91 Å². The second-order valence-electron chi connectivity index (χ2n) is 5.02. The van der Waals surface area contributed by atoms with Crippen molar-refractivity contribution in [3.63, 3.8) is 0 Å². The number of hydrogen-bond donors (Lipinski definition) is 4. The zero-order valence-corrected chi connectivity index (χ0v) is 12.5. The summed E-state index contributed by atoms with van der Waals surface area (Å²) in [6, 6.07) is 3.65. The number of carboxylic acid groups (broad SMARTS) is 1. The van der Waals surface area contributed by atoms with Crippen LogP contribution in [0.5, 0.6) is 5.75 Å². The SMILES string of the molecule is CCCC(=O)Nc1ccc(O)c(C(C)NC(C)C(=O)O)c1. The summed E-state index contributed by atoms with van der Waals surface area (Å²) < 4.78 is 0. The molecule has 0 aromatic heterocycles. The fraction of sp³-hybridized carbons (Fsp3) is 0.467. The van der Waals surface area contributed by atoms with Crippen molar-refractivity contribution in [1.29, 1.82) is 0 Å². The van der Waals surface area contributed by atoms with Crippen molar-refractivity contribution in [2.24, 2.45) is 0 Å². The van der Waals surface area contributed by atoms with Crippen molar-refractivity contribution < 1.29 is 19.8 Å². The van der Waals surface area contributed by atoms with Crippen LogP contribution in [0.3, 0.4) is 0 Å². The van der Waals surface area contributed by atoms with Gasteiger partial charge in [-0.15, -0.1) is 0 Å². The lowest BCUT2D eigenvalue weighted by atomic mass is 10.1. The fourth-order valence-corrected chi connectivity index (χ4v) is 1.97. The van der Waals surface area contributed by atoms with E-state index in [-0.39, 0.29) is 17.7 Å². The number of aliphatic carboxylic acids is 1. The van der Waals surface area contributed by atoms with Crippen molar-refractivity contribution in [3.05, 3.63) is 23.8 Å². The number of rotatable bonds is 7. The molecule has 6 heteroatoms. The molecule has 1 rings (SSSR count). The van der Waals surface area contributed by atoms with Gasteiger partial charge in [-0.3, -0.25) is 14.9 Å². The molecule has 0 saturated carbocycles. The van der Waals surface area contributed by atoms with Crippen LogP contribution in [0.25, 0.3) is 0 Å².